The van der Waals surface area contributed by atoms with Crippen molar-refractivity contribution < 1.29 is 0 Å². The van der Waals surface area contributed by atoms with Gasteiger partial charge in [-0.15, -0.1) is 12.4 Å². The van der Waals surface area contributed by atoms with E-state index in [2.05, 4.69) is 0 Å². The van der Waals surface area contributed by atoms with E-state index in [1.54, 1.807) is 0 Å². The normalized spacial score (nSPS) is 8.44. The van der Waals surface area contributed by atoms with Gasteiger partial charge in [-0.25, -0.2) is 0 Å². The molecule has 0 aliphatic carbocycles. The molecule has 0 bridgehead atoms. The summed E-state index contributed by atoms with van der Waals surface area (Å²) >= 11 is 0. The van der Waals surface area contributed by atoms with E-state index < -0.39 is 0 Å². The summed E-state index contributed by atoms with van der Waals surface area (Å²) < 4.78 is 0. The molecule has 0 amide bonds. The molecule has 0 heterocycles. The number of halogens is 1. The number of nitrogens with one attached hydrogen (secondary N) is 1. The van der Waals surface area contributed by atoms with Gasteiger partial charge in [-0.3, -0.25) is 5.16 Å². The average Bonchev–Trinajstić information content (AvgIpc) is 1.90. The van der Waals surface area contributed by atoms with Gasteiger partial charge in [0.2, 0.25) is 0 Å². The second-order valence-corrected chi connectivity index (χ2v) is 2.19. The lowest BCUT2D eigenvalue weighted by atomic mass is 10.4. The van der Waals surface area contributed by atoms with Crippen LogP contribution in [0.2, 0.25) is 0 Å². The van der Waals surface area contributed by atoms with Gasteiger partial charge in [0.05, 0.1) is 0 Å². The average molecular weight is 160 g/mol. The Hall–Kier alpha value is -0.390. The second kappa shape index (κ2) is 4.49. The molecule has 0 saturated heterocycles. The highest BCUT2D eigenvalue weighted by molar-refractivity contribution is 7.35. The van der Waals surface area contributed by atoms with Crippen LogP contribution < -0.4 is 5.30 Å². The topological polar surface area (TPSA) is 23.9 Å². The van der Waals surface area contributed by atoms with E-state index in [-0.39, 0.29) is 12.4 Å². The SMILES string of the molecule is Cl.N=Pc1ccccc1. The third-order valence-corrected chi connectivity index (χ3v) is 1.44. The van der Waals surface area contributed by atoms with Gasteiger partial charge in [-0.2, -0.15) is 0 Å². The Morgan fingerprint density at radius 2 is 1.67 bits per heavy atom. The number of rotatable bonds is 1. The monoisotopic (exact) mass is 159 g/mol. The lowest BCUT2D eigenvalue weighted by Gasteiger charge is -1.82. The van der Waals surface area contributed by atoms with Crippen LogP contribution in [0.15, 0.2) is 30.3 Å². The largest absolute Gasteiger partial charge is 0.279 e. The number of hydrogen-bond donors (Lipinski definition) is 1. The van der Waals surface area contributed by atoms with E-state index >= 15 is 0 Å². The molecule has 1 aromatic carbocycles. The quantitative estimate of drug-likeness (QED) is 0.609. The Balaban J connectivity index is 0.000000640. The van der Waals surface area contributed by atoms with Crippen molar-refractivity contribution in [3.8, 4) is 0 Å². The molecular formula is C6H7ClNP. The Morgan fingerprint density at radius 3 is 2.00 bits per heavy atom. The van der Waals surface area contributed by atoms with Crippen molar-refractivity contribution in [1.82, 2.24) is 0 Å². The van der Waals surface area contributed by atoms with Gasteiger partial charge in [0.15, 0.2) is 0 Å². The van der Waals surface area contributed by atoms with Crippen molar-refractivity contribution in [1.29, 1.82) is 5.16 Å². The fourth-order valence-electron chi connectivity index (χ4n) is 0.503. The minimum atomic E-state index is 0. The maximum atomic E-state index is 6.92. The van der Waals surface area contributed by atoms with Crippen LogP contribution in [0.1, 0.15) is 0 Å². The molecular weight excluding hydrogens is 152 g/mol. The van der Waals surface area contributed by atoms with Crippen LogP contribution in [0.25, 0.3) is 0 Å². The third kappa shape index (κ3) is 2.59. The van der Waals surface area contributed by atoms with E-state index in [9.17, 15) is 0 Å². The summed E-state index contributed by atoms with van der Waals surface area (Å²) in [6, 6.07) is 9.71. The van der Waals surface area contributed by atoms with Crippen molar-refractivity contribution in [3.63, 3.8) is 0 Å². The van der Waals surface area contributed by atoms with Crippen LogP contribution >= 0.6 is 20.8 Å². The standard InChI is InChI=1S/C6H6NP.ClH/c7-8-6-4-2-1-3-5-6;/h1-5,7H;1H. The summed E-state index contributed by atoms with van der Waals surface area (Å²) in [4.78, 5) is 0. The zero-order valence-electron chi connectivity index (χ0n) is 4.74. The van der Waals surface area contributed by atoms with Crippen LogP contribution in [-0.2, 0) is 0 Å². The molecule has 0 unspecified atom stereocenters. The van der Waals surface area contributed by atoms with Crippen LogP contribution in [0.3, 0.4) is 0 Å². The minimum Gasteiger partial charge on any atom is -0.279 e. The fraction of sp³-hybridized carbons (Fsp3) is 0. The first-order chi connectivity index (χ1) is 3.93. The highest BCUT2D eigenvalue weighted by Gasteiger charge is 1.78. The summed E-state index contributed by atoms with van der Waals surface area (Å²) in [6.07, 6.45) is 0. The summed E-state index contributed by atoms with van der Waals surface area (Å²) in [6.45, 7) is 0. The molecule has 1 rings (SSSR count). The molecule has 9 heavy (non-hydrogen) atoms. The van der Waals surface area contributed by atoms with Crippen molar-refractivity contribution in [2.75, 3.05) is 0 Å². The van der Waals surface area contributed by atoms with E-state index in [4.69, 9.17) is 5.16 Å². The Labute approximate surface area is 62.2 Å². The van der Waals surface area contributed by atoms with Gasteiger partial charge in [-0.05, 0) is 12.1 Å². The highest BCUT2D eigenvalue weighted by Crippen LogP contribution is 1.93. The van der Waals surface area contributed by atoms with Crippen LogP contribution in [0, 0.1) is 5.16 Å². The molecule has 0 aliphatic rings. The molecule has 3 heteroatoms. The van der Waals surface area contributed by atoms with E-state index in [1.807, 2.05) is 30.3 Å². The van der Waals surface area contributed by atoms with Gasteiger partial charge in [-0.1, -0.05) is 18.2 Å². The molecule has 0 aromatic heterocycles. The zero-order chi connectivity index (χ0) is 5.82. The van der Waals surface area contributed by atoms with Crippen molar-refractivity contribution in [2.24, 2.45) is 0 Å². The smallest absolute Gasteiger partial charge is 0.0352 e. The molecule has 0 radical (unpaired) electrons. The predicted molar refractivity (Wildman–Crippen MR) is 43.0 cm³/mol. The van der Waals surface area contributed by atoms with E-state index in [0.29, 0.717) is 8.37 Å². The molecule has 0 spiro atoms. The molecule has 1 nitrogen and oxygen atoms in total. The third-order valence-electron chi connectivity index (χ3n) is 0.885. The Kier molecular flexibility index (Phi) is 4.29. The Morgan fingerprint density at radius 1 is 1.11 bits per heavy atom. The summed E-state index contributed by atoms with van der Waals surface area (Å²) in [5.74, 6) is 0. The van der Waals surface area contributed by atoms with Gasteiger partial charge >= 0.3 is 0 Å². The van der Waals surface area contributed by atoms with Crippen molar-refractivity contribution >= 4 is 26.1 Å². The number of benzene rings is 1. The van der Waals surface area contributed by atoms with Crippen LogP contribution in [-0.4, -0.2) is 0 Å². The Bertz CT molecular complexity index is 176. The summed E-state index contributed by atoms with van der Waals surface area (Å²) in [5.41, 5.74) is 0. The predicted octanol–water partition coefficient (Wildman–Crippen LogP) is 2.44. The maximum absolute atomic E-state index is 6.92. The van der Waals surface area contributed by atoms with Gasteiger partial charge in [0, 0.05) is 13.7 Å². The summed E-state index contributed by atoms with van der Waals surface area (Å²) in [7, 11) is 0.599. The first kappa shape index (κ1) is 8.61. The molecule has 1 N–H and O–H groups in total. The van der Waals surface area contributed by atoms with Crippen molar-refractivity contribution in [2.45, 2.75) is 0 Å². The van der Waals surface area contributed by atoms with E-state index in [1.165, 1.54) is 0 Å². The fourth-order valence-corrected chi connectivity index (χ4v) is 0.824. The van der Waals surface area contributed by atoms with E-state index in [0.717, 1.165) is 5.30 Å². The molecule has 1 aromatic rings. The summed E-state index contributed by atoms with van der Waals surface area (Å²) in [5, 5.41) is 7.96. The molecule has 0 fully saturated rings. The van der Waals surface area contributed by atoms with Crippen molar-refractivity contribution in [3.05, 3.63) is 30.3 Å². The number of hydrogen-bond acceptors (Lipinski definition) is 1. The first-order valence-corrected chi connectivity index (χ1v) is 3.25. The minimum absolute atomic E-state index is 0. The molecule has 0 atom stereocenters. The van der Waals surface area contributed by atoms with Gasteiger partial charge in [0.25, 0.3) is 0 Å². The molecule has 0 aliphatic heterocycles. The van der Waals surface area contributed by atoms with Gasteiger partial charge < -0.3 is 0 Å². The first-order valence-electron chi connectivity index (χ1n) is 2.36. The van der Waals surface area contributed by atoms with Crippen LogP contribution in [0.5, 0.6) is 0 Å². The second-order valence-electron chi connectivity index (χ2n) is 1.45. The highest BCUT2D eigenvalue weighted by atomic mass is 35.5. The zero-order valence-corrected chi connectivity index (χ0v) is 6.45. The molecule has 48 valence electrons. The van der Waals surface area contributed by atoms with Crippen LogP contribution in [0.4, 0.5) is 0 Å². The lowest BCUT2D eigenvalue weighted by molar-refractivity contribution is 1.64. The lowest BCUT2D eigenvalue weighted by Crippen LogP contribution is -1.84. The maximum Gasteiger partial charge on any atom is 0.0352 e. The molecule has 0 saturated carbocycles. The van der Waals surface area contributed by atoms with Gasteiger partial charge in [0.1, 0.15) is 0 Å².